The maximum absolute atomic E-state index is 13.1. The molecule has 4 rings (SSSR count). The van der Waals surface area contributed by atoms with E-state index in [4.69, 9.17) is 4.42 Å². The molecule has 2 heterocycles. The standard InChI is InChI=1S/C24H22N4O2S/c1-27(2)20-12-10-18(11-13-20)15-22-23(29)28(17-21-9-6-14-30-21)24(31-22)26-25-16-19-7-4-3-5-8-19/h3-16H,17H2,1-2H3/b22-15-,25-16+,26-24-. The predicted molar refractivity (Wildman–Crippen MR) is 127 cm³/mol. The van der Waals surface area contributed by atoms with Crippen molar-refractivity contribution >= 4 is 40.8 Å². The first kappa shape index (κ1) is 20.7. The Balaban J connectivity index is 1.60. The first-order chi connectivity index (χ1) is 15.1. The molecule has 0 unspecified atom stereocenters. The molecule has 2 aromatic carbocycles. The van der Waals surface area contributed by atoms with Crippen LogP contribution < -0.4 is 4.90 Å². The van der Waals surface area contributed by atoms with Gasteiger partial charge < -0.3 is 9.32 Å². The minimum atomic E-state index is -0.119. The summed E-state index contributed by atoms with van der Waals surface area (Å²) in [7, 11) is 3.99. The second-order valence-electron chi connectivity index (χ2n) is 7.11. The van der Waals surface area contributed by atoms with Gasteiger partial charge in [-0.05, 0) is 53.2 Å². The van der Waals surface area contributed by atoms with Crippen LogP contribution >= 0.6 is 11.8 Å². The minimum absolute atomic E-state index is 0.119. The highest BCUT2D eigenvalue weighted by molar-refractivity contribution is 8.18. The number of anilines is 1. The number of carbonyl (C=O) groups is 1. The number of rotatable bonds is 6. The Morgan fingerprint density at radius 3 is 2.45 bits per heavy atom. The van der Waals surface area contributed by atoms with Gasteiger partial charge in [0.2, 0.25) is 0 Å². The van der Waals surface area contributed by atoms with E-state index in [0.29, 0.717) is 22.4 Å². The van der Waals surface area contributed by atoms with Crippen molar-refractivity contribution in [3.8, 4) is 0 Å². The third kappa shape index (κ3) is 5.13. The summed E-state index contributed by atoms with van der Waals surface area (Å²) >= 11 is 1.31. The lowest BCUT2D eigenvalue weighted by atomic mass is 10.2. The van der Waals surface area contributed by atoms with Gasteiger partial charge in [0.1, 0.15) is 5.76 Å². The van der Waals surface area contributed by atoms with Crippen molar-refractivity contribution in [2.45, 2.75) is 6.54 Å². The molecule has 31 heavy (non-hydrogen) atoms. The molecule has 6 nitrogen and oxygen atoms in total. The van der Waals surface area contributed by atoms with Crippen LogP contribution in [0.1, 0.15) is 16.9 Å². The molecule has 0 spiro atoms. The highest BCUT2D eigenvalue weighted by atomic mass is 32.2. The van der Waals surface area contributed by atoms with Gasteiger partial charge >= 0.3 is 0 Å². The van der Waals surface area contributed by atoms with Crippen molar-refractivity contribution in [1.29, 1.82) is 0 Å². The van der Waals surface area contributed by atoms with Crippen LogP contribution in [0, 0.1) is 0 Å². The van der Waals surface area contributed by atoms with E-state index in [1.807, 2.05) is 85.7 Å². The molecule has 0 aliphatic carbocycles. The molecule has 7 heteroatoms. The van der Waals surface area contributed by atoms with E-state index in [1.165, 1.54) is 11.8 Å². The Labute approximate surface area is 185 Å². The van der Waals surface area contributed by atoms with Crippen LogP contribution in [0.4, 0.5) is 5.69 Å². The lowest BCUT2D eigenvalue weighted by molar-refractivity contribution is -0.122. The average Bonchev–Trinajstić information content (AvgIpc) is 3.39. The van der Waals surface area contributed by atoms with Crippen LogP contribution in [-0.2, 0) is 11.3 Å². The number of carbonyl (C=O) groups excluding carboxylic acids is 1. The number of thioether (sulfide) groups is 1. The van der Waals surface area contributed by atoms with Crippen LogP contribution in [0.25, 0.3) is 6.08 Å². The summed E-state index contributed by atoms with van der Waals surface area (Å²) in [5.41, 5.74) is 2.99. The zero-order valence-electron chi connectivity index (χ0n) is 17.3. The van der Waals surface area contributed by atoms with Crippen molar-refractivity contribution in [3.63, 3.8) is 0 Å². The van der Waals surface area contributed by atoms with E-state index < -0.39 is 0 Å². The monoisotopic (exact) mass is 430 g/mol. The number of hydrogen-bond donors (Lipinski definition) is 0. The van der Waals surface area contributed by atoms with Gasteiger partial charge in [0.05, 0.1) is 23.9 Å². The van der Waals surface area contributed by atoms with Crippen molar-refractivity contribution in [1.82, 2.24) is 4.90 Å². The molecule has 0 radical (unpaired) electrons. The smallest absolute Gasteiger partial charge is 0.267 e. The molecular weight excluding hydrogens is 408 g/mol. The lowest BCUT2D eigenvalue weighted by Gasteiger charge is -2.12. The highest BCUT2D eigenvalue weighted by Crippen LogP contribution is 2.34. The molecule has 1 saturated heterocycles. The lowest BCUT2D eigenvalue weighted by Crippen LogP contribution is -2.28. The molecule has 0 bridgehead atoms. The van der Waals surface area contributed by atoms with E-state index >= 15 is 0 Å². The van der Waals surface area contributed by atoms with Crippen LogP contribution in [0.15, 0.2) is 92.5 Å². The highest BCUT2D eigenvalue weighted by Gasteiger charge is 2.34. The zero-order valence-corrected chi connectivity index (χ0v) is 18.1. The average molecular weight is 431 g/mol. The Hall–Kier alpha value is -3.58. The van der Waals surface area contributed by atoms with Gasteiger partial charge in [0.15, 0.2) is 5.17 Å². The van der Waals surface area contributed by atoms with Crippen LogP contribution in [-0.4, -0.2) is 36.3 Å². The molecule has 1 aromatic heterocycles. The number of hydrogen-bond acceptors (Lipinski definition) is 6. The second-order valence-corrected chi connectivity index (χ2v) is 8.11. The summed E-state index contributed by atoms with van der Waals surface area (Å²) in [6.45, 7) is 0.301. The summed E-state index contributed by atoms with van der Waals surface area (Å²) in [5, 5.41) is 9.04. The predicted octanol–water partition coefficient (Wildman–Crippen LogP) is 4.85. The van der Waals surface area contributed by atoms with E-state index in [-0.39, 0.29) is 5.91 Å². The summed E-state index contributed by atoms with van der Waals surface area (Å²) in [5.74, 6) is 0.567. The van der Waals surface area contributed by atoms with Crippen molar-refractivity contribution in [2.75, 3.05) is 19.0 Å². The second kappa shape index (κ2) is 9.49. The number of amidine groups is 1. The molecule has 1 aliphatic heterocycles. The fraction of sp³-hybridized carbons (Fsp3) is 0.125. The van der Waals surface area contributed by atoms with Gasteiger partial charge in [0, 0.05) is 19.8 Å². The number of amides is 1. The Bertz CT molecular complexity index is 1120. The van der Waals surface area contributed by atoms with Gasteiger partial charge in [-0.25, -0.2) is 0 Å². The molecule has 3 aromatic rings. The summed E-state index contributed by atoms with van der Waals surface area (Å²) in [4.78, 5) is 17.3. The van der Waals surface area contributed by atoms with Gasteiger partial charge in [-0.15, -0.1) is 5.10 Å². The molecule has 0 atom stereocenters. The van der Waals surface area contributed by atoms with Gasteiger partial charge in [0.25, 0.3) is 5.91 Å². The van der Waals surface area contributed by atoms with E-state index in [1.54, 1.807) is 23.4 Å². The minimum Gasteiger partial charge on any atom is -0.467 e. The van der Waals surface area contributed by atoms with Gasteiger partial charge in [-0.3, -0.25) is 9.69 Å². The maximum atomic E-state index is 13.1. The summed E-state index contributed by atoms with van der Waals surface area (Å²) in [6, 6.07) is 21.4. The first-order valence-corrected chi connectivity index (χ1v) is 10.6. The van der Waals surface area contributed by atoms with Crippen LogP contribution in [0.3, 0.4) is 0 Å². The van der Waals surface area contributed by atoms with E-state index in [0.717, 1.165) is 16.8 Å². The largest absolute Gasteiger partial charge is 0.467 e. The summed E-state index contributed by atoms with van der Waals surface area (Å²) in [6.07, 6.45) is 5.15. The van der Waals surface area contributed by atoms with Crippen LogP contribution in [0.5, 0.6) is 0 Å². The summed E-state index contributed by atoms with van der Waals surface area (Å²) < 4.78 is 5.43. The Kier molecular flexibility index (Phi) is 6.33. The molecular formula is C24H22N4O2S. The number of benzene rings is 2. The van der Waals surface area contributed by atoms with Crippen molar-refractivity contribution in [2.24, 2.45) is 10.2 Å². The molecule has 0 N–H and O–H groups in total. The first-order valence-electron chi connectivity index (χ1n) is 9.77. The third-order valence-corrected chi connectivity index (χ3v) is 5.64. The van der Waals surface area contributed by atoms with Gasteiger partial charge in [-0.2, -0.15) is 5.10 Å². The van der Waals surface area contributed by atoms with Crippen LogP contribution in [0.2, 0.25) is 0 Å². The van der Waals surface area contributed by atoms with E-state index in [9.17, 15) is 4.79 Å². The molecule has 1 amide bonds. The topological polar surface area (TPSA) is 61.4 Å². The normalized spacial score (nSPS) is 16.7. The Morgan fingerprint density at radius 2 is 1.77 bits per heavy atom. The Morgan fingerprint density at radius 1 is 1.00 bits per heavy atom. The van der Waals surface area contributed by atoms with Crippen molar-refractivity contribution in [3.05, 3.63) is 94.8 Å². The molecule has 156 valence electrons. The number of nitrogens with zero attached hydrogens (tertiary/aromatic N) is 4. The maximum Gasteiger partial charge on any atom is 0.267 e. The third-order valence-electron chi connectivity index (χ3n) is 4.64. The number of furan rings is 1. The van der Waals surface area contributed by atoms with Gasteiger partial charge in [-0.1, -0.05) is 42.5 Å². The van der Waals surface area contributed by atoms with E-state index in [2.05, 4.69) is 10.2 Å². The molecule has 1 aliphatic rings. The SMILES string of the molecule is CN(C)c1ccc(/C=C2\S/C(=N\N=C\c3ccccc3)N(Cc3ccco3)C2=O)cc1. The zero-order chi connectivity index (χ0) is 21.6. The molecule has 0 saturated carbocycles. The molecule has 1 fully saturated rings. The van der Waals surface area contributed by atoms with Crippen molar-refractivity contribution < 1.29 is 9.21 Å². The quantitative estimate of drug-likeness (QED) is 0.319. The fourth-order valence-electron chi connectivity index (χ4n) is 2.98. The fourth-order valence-corrected chi connectivity index (χ4v) is 3.92.